The van der Waals surface area contributed by atoms with E-state index in [-0.39, 0.29) is 0 Å². The molecule has 0 N–H and O–H groups in total. The quantitative estimate of drug-likeness (QED) is 0.193. The van der Waals surface area contributed by atoms with Gasteiger partial charge in [-0.05, 0) is 83.4 Å². The molecule has 5 heteroatoms. The van der Waals surface area contributed by atoms with Crippen molar-refractivity contribution in [2.45, 2.75) is 0 Å². The fourth-order valence-electron chi connectivity index (χ4n) is 7.45. The fourth-order valence-corrected chi connectivity index (χ4v) is 7.45. The van der Waals surface area contributed by atoms with Crippen molar-refractivity contribution in [1.82, 2.24) is 9.13 Å². The Morgan fingerprint density at radius 3 is 1.70 bits per heavy atom. The lowest BCUT2D eigenvalue weighted by atomic mass is 9.95. The summed E-state index contributed by atoms with van der Waals surface area (Å²) in [6.07, 6.45) is 0. The average Bonchev–Trinajstić information content (AvgIpc) is 3.70. The Labute approximate surface area is 287 Å². The van der Waals surface area contributed by atoms with Crippen LogP contribution in [-0.4, -0.2) is 9.13 Å². The first-order chi connectivity index (χ1) is 24.7. The number of aromatic nitrogens is 2. The Bertz CT molecular complexity index is 2940. The van der Waals surface area contributed by atoms with Crippen molar-refractivity contribution < 1.29 is 0 Å². The first-order valence-electron chi connectivity index (χ1n) is 16.3. The standard InChI is InChI=1S/C45H25N5/c46-26-29-15-24-41-38(25-29)36-9-1-3-11-39(36)50(41)42-13-5-7-33(27-47)44(42)32-18-16-30(17-19-32)31-20-22-35(23-21-31)49-40-12-4-2-10-37(40)45-34(28-48)8-6-14-43(45)49/h1-25H. The number of fused-ring (bicyclic) bond motifs is 6. The second kappa shape index (κ2) is 11.4. The van der Waals surface area contributed by atoms with E-state index >= 15 is 0 Å². The van der Waals surface area contributed by atoms with Crippen molar-refractivity contribution in [3.05, 3.63) is 168 Å². The van der Waals surface area contributed by atoms with Gasteiger partial charge in [-0.1, -0.05) is 84.9 Å². The van der Waals surface area contributed by atoms with Gasteiger partial charge in [0.15, 0.2) is 0 Å². The summed E-state index contributed by atoms with van der Waals surface area (Å²) in [7, 11) is 0. The third kappa shape index (κ3) is 4.31. The summed E-state index contributed by atoms with van der Waals surface area (Å²) in [5, 5.41) is 33.8. The Balaban J connectivity index is 1.14. The van der Waals surface area contributed by atoms with Crippen molar-refractivity contribution in [3.63, 3.8) is 0 Å². The van der Waals surface area contributed by atoms with E-state index in [0.717, 1.165) is 77.2 Å². The van der Waals surface area contributed by atoms with Crippen LogP contribution >= 0.6 is 0 Å². The van der Waals surface area contributed by atoms with Crippen LogP contribution in [0, 0.1) is 34.0 Å². The summed E-state index contributed by atoms with van der Waals surface area (Å²) in [5.41, 5.74) is 11.8. The number of nitriles is 3. The molecule has 2 aromatic heterocycles. The predicted octanol–water partition coefficient (Wildman–Crippen LogP) is 10.8. The van der Waals surface area contributed by atoms with Gasteiger partial charge in [0, 0.05) is 32.8 Å². The van der Waals surface area contributed by atoms with Crippen molar-refractivity contribution in [3.8, 4) is 51.8 Å². The zero-order chi connectivity index (χ0) is 33.8. The smallest absolute Gasteiger partial charge is 0.0998 e. The van der Waals surface area contributed by atoms with Crippen LogP contribution in [0.1, 0.15) is 16.7 Å². The highest BCUT2D eigenvalue weighted by Crippen LogP contribution is 2.39. The van der Waals surface area contributed by atoms with Gasteiger partial charge >= 0.3 is 0 Å². The molecule has 0 aliphatic carbocycles. The minimum Gasteiger partial charge on any atom is -0.309 e. The van der Waals surface area contributed by atoms with Gasteiger partial charge in [0.05, 0.1) is 62.7 Å². The molecule has 7 aromatic carbocycles. The van der Waals surface area contributed by atoms with Crippen LogP contribution in [-0.2, 0) is 0 Å². The average molecular weight is 636 g/mol. The van der Waals surface area contributed by atoms with Gasteiger partial charge in [-0.25, -0.2) is 0 Å². The molecule has 9 rings (SSSR count). The lowest BCUT2D eigenvalue weighted by Crippen LogP contribution is -1.99. The van der Waals surface area contributed by atoms with Gasteiger partial charge in [-0.3, -0.25) is 0 Å². The van der Waals surface area contributed by atoms with Gasteiger partial charge < -0.3 is 9.13 Å². The normalized spacial score (nSPS) is 11.1. The second-order valence-corrected chi connectivity index (χ2v) is 12.3. The summed E-state index contributed by atoms with van der Waals surface area (Å²) in [6, 6.07) is 57.8. The van der Waals surface area contributed by atoms with Crippen LogP contribution < -0.4 is 0 Å². The zero-order valence-corrected chi connectivity index (χ0v) is 26.7. The molecule has 0 bridgehead atoms. The SMILES string of the molecule is N#Cc1ccc2c(c1)c1ccccc1n2-c1cccc(C#N)c1-c1ccc(-c2ccc(-n3c4ccccc4c4c(C#N)cccc43)cc2)cc1. The Hall–Kier alpha value is -7.39. The predicted molar refractivity (Wildman–Crippen MR) is 200 cm³/mol. The maximum Gasteiger partial charge on any atom is 0.0998 e. The maximum absolute atomic E-state index is 10.3. The van der Waals surface area contributed by atoms with E-state index < -0.39 is 0 Å². The summed E-state index contributed by atoms with van der Waals surface area (Å²) in [6.45, 7) is 0. The van der Waals surface area contributed by atoms with Crippen LogP contribution in [0.2, 0.25) is 0 Å². The highest BCUT2D eigenvalue weighted by Gasteiger charge is 2.19. The lowest BCUT2D eigenvalue weighted by Gasteiger charge is -2.16. The summed E-state index contributed by atoms with van der Waals surface area (Å²) in [4.78, 5) is 0. The Kier molecular flexibility index (Phi) is 6.56. The number of rotatable bonds is 4. The molecular weight excluding hydrogens is 611 g/mol. The van der Waals surface area contributed by atoms with E-state index in [1.165, 1.54) is 0 Å². The van der Waals surface area contributed by atoms with Crippen molar-refractivity contribution in [2.24, 2.45) is 0 Å². The molecule has 2 heterocycles. The highest BCUT2D eigenvalue weighted by atomic mass is 15.0. The molecule has 0 unspecified atom stereocenters. The molecule has 0 saturated heterocycles. The number of para-hydroxylation sites is 2. The largest absolute Gasteiger partial charge is 0.309 e. The van der Waals surface area contributed by atoms with Crippen LogP contribution in [0.3, 0.4) is 0 Å². The number of hydrogen-bond donors (Lipinski definition) is 0. The Morgan fingerprint density at radius 1 is 0.400 bits per heavy atom. The molecule has 0 spiro atoms. The molecule has 0 aliphatic rings. The van der Waals surface area contributed by atoms with E-state index in [9.17, 15) is 15.8 Å². The summed E-state index contributed by atoms with van der Waals surface area (Å²) in [5.74, 6) is 0. The summed E-state index contributed by atoms with van der Waals surface area (Å²) >= 11 is 0. The number of hydrogen-bond acceptors (Lipinski definition) is 3. The highest BCUT2D eigenvalue weighted by molar-refractivity contribution is 6.12. The second-order valence-electron chi connectivity index (χ2n) is 12.3. The van der Waals surface area contributed by atoms with E-state index in [1.807, 2.05) is 66.7 Å². The monoisotopic (exact) mass is 635 g/mol. The van der Waals surface area contributed by atoms with Crippen molar-refractivity contribution >= 4 is 43.6 Å². The molecule has 0 saturated carbocycles. The topological polar surface area (TPSA) is 81.2 Å². The maximum atomic E-state index is 10.3. The van der Waals surface area contributed by atoms with E-state index in [2.05, 4.69) is 112 Å². The van der Waals surface area contributed by atoms with E-state index in [1.54, 1.807) is 0 Å². The van der Waals surface area contributed by atoms with Crippen molar-refractivity contribution in [2.75, 3.05) is 0 Å². The minimum atomic E-state index is 0.588. The number of nitrogens with zero attached hydrogens (tertiary/aromatic N) is 5. The van der Waals surface area contributed by atoms with Crippen LogP contribution in [0.4, 0.5) is 0 Å². The third-order valence-corrected chi connectivity index (χ3v) is 9.66. The van der Waals surface area contributed by atoms with Gasteiger partial charge in [-0.2, -0.15) is 15.8 Å². The fraction of sp³-hybridized carbons (Fsp3) is 0. The van der Waals surface area contributed by atoms with Crippen LogP contribution in [0.15, 0.2) is 152 Å². The van der Waals surface area contributed by atoms with Gasteiger partial charge in [0.25, 0.3) is 0 Å². The van der Waals surface area contributed by atoms with Gasteiger partial charge in [-0.15, -0.1) is 0 Å². The van der Waals surface area contributed by atoms with E-state index in [0.29, 0.717) is 16.7 Å². The first kappa shape index (κ1) is 28.8. The van der Waals surface area contributed by atoms with Gasteiger partial charge in [0.1, 0.15) is 0 Å². The summed E-state index contributed by atoms with van der Waals surface area (Å²) < 4.78 is 4.41. The molecule has 0 aliphatic heterocycles. The molecule has 0 radical (unpaired) electrons. The molecular formula is C45H25N5. The molecule has 0 atom stereocenters. The molecule has 50 heavy (non-hydrogen) atoms. The molecule has 5 nitrogen and oxygen atoms in total. The van der Waals surface area contributed by atoms with Crippen LogP contribution in [0.25, 0.3) is 77.2 Å². The lowest BCUT2D eigenvalue weighted by molar-refractivity contribution is 1.18. The van der Waals surface area contributed by atoms with Gasteiger partial charge in [0.2, 0.25) is 0 Å². The third-order valence-electron chi connectivity index (χ3n) is 9.66. The Morgan fingerprint density at radius 2 is 0.980 bits per heavy atom. The number of benzene rings is 7. The zero-order valence-electron chi connectivity index (χ0n) is 26.7. The molecule has 0 fully saturated rings. The van der Waals surface area contributed by atoms with Crippen LogP contribution in [0.5, 0.6) is 0 Å². The van der Waals surface area contributed by atoms with Crippen molar-refractivity contribution in [1.29, 1.82) is 15.8 Å². The van der Waals surface area contributed by atoms with E-state index in [4.69, 9.17) is 0 Å². The minimum absolute atomic E-state index is 0.588. The molecule has 9 aromatic rings. The first-order valence-corrected chi connectivity index (χ1v) is 16.3. The molecule has 230 valence electrons. The molecule has 0 amide bonds.